The molecule has 1 aliphatic rings. The first kappa shape index (κ1) is 10.9. The van der Waals surface area contributed by atoms with Crippen molar-refractivity contribution in [3.8, 4) is 11.4 Å². The molecule has 1 aromatic carbocycles. The number of halogens is 1. The lowest BCUT2D eigenvalue weighted by molar-refractivity contribution is 0.359. The molecule has 0 saturated carbocycles. The molecule has 88 valence electrons. The average Bonchev–Trinajstić information content (AvgIpc) is 3.00. The van der Waals surface area contributed by atoms with Gasteiger partial charge < -0.3 is 9.84 Å². The summed E-state index contributed by atoms with van der Waals surface area (Å²) < 4.78 is 6.32. The summed E-state index contributed by atoms with van der Waals surface area (Å²) in [5.41, 5.74) is 0.966. The Morgan fingerprint density at radius 1 is 1.35 bits per heavy atom. The smallest absolute Gasteiger partial charge is 0.231 e. The Balaban J connectivity index is 1.92. The van der Waals surface area contributed by atoms with E-state index in [1.54, 1.807) is 0 Å². The fourth-order valence-electron chi connectivity index (χ4n) is 2.02. The van der Waals surface area contributed by atoms with Gasteiger partial charge >= 0.3 is 0 Å². The van der Waals surface area contributed by atoms with E-state index in [1.807, 2.05) is 24.3 Å². The van der Waals surface area contributed by atoms with Gasteiger partial charge in [0.2, 0.25) is 11.7 Å². The second-order valence-corrected chi connectivity index (χ2v) is 4.98. The molecule has 1 atom stereocenters. The minimum atomic E-state index is 0.360. The number of nitrogens with one attached hydrogen (secondary N) is 1. The van der Waals surface area contributed by atoms with Crippen LogP contribution in [0.15, 0.2) is 33.3 Å². The van der Waals surface area contributed by atoms with Crippen molar-refractivity contribution in [1.29, 1.82) is 0 Å². The van der Waals surface area contributed by atoms with Crippen molar-refractivity contribution >= 4 is 15.9 Å². The van der Waals surface area contributed by atoms with Gasteiger partial charge in [-0.25, -0.2) is 0 Å². The normalized spacial score (nSPS) is 19.7. The highest BCUT2D eigenvalue weighted by atomic mass is 79.9. The zero-order chi connectivity index (χ0) is 11.7. The average molecular weight is 294 g/mol. The van der Waals surface area contributed by atoms with E-state index in [-0.39, 0.29) is 0 Å². The maximum atomic E-state index is 5.34. The number of aromatic nitrogens is 2. The first-order valence-electron chi connectivity index (χ1n) is 5.64. The molecule has 3 rings (SSSR count). The molecule has 17 heavy (non-hydrogen) atoms. The summed E-state index contributed by atoms with van der Waals surface area (Å²) in [6, 6.07) is 7.89. The van der Waals surface area contributed by atoms with Crippen LogP contribution in [-0.4, -0.2) is 23.2 Å². The maximum Gasteiger partial charge on any atom is 0.231 e. The van der Waals surface area contributed by atoms with E-state index in [4.69, 9.17) is 4.52 Å². The number of benzene rings is 1. The molecule has 2 aromatic rings. The lowest BCUT2D eigenvalue weighted by Crippen LogP contribution is -2.08. The minimum absolute atomic E-state index is 0.360. The van der Waals surface area contributed by atoms with E-state index in [1.165, 1.54) is 0 Å². The lowest BCUT2D eigenvalue weighted by atomic mass is 10.1. The number of rotatable bonds is 2. The summed E-state index contributed by atoms with van der Waals surface area (Å²) in [6.07, 6.45) is 1.07. The summed E-state index contributed by atoms with van der Waals surface area (Å²) >= 11 is 3.49. The van der Waals surface area contributed by atoms with Crippen LogP contribution in [0.25, 0.3) is 11.4 Å². The summed E-state index contributed by atoms with van der Waals surface area (Å²) in [7, 11) is 0. The molecule has 0 amide bonds. The van der Waals surface area contributed by atoms with Crippen LogP contribution in [-0.2, 0) is 0 Å². The zero-order valence-electron chi connectivity index (χ0n) is 9.19. The highest BCUT2D eigenvalue weighted by Gasteiger charge is 2.23. The Morgan fingerprint density at radius 2 is 2.24 bits per heavy atom. The van der Waals surface area contributed by atoms with E-state index in [9.17, 15) is 0 Å². The van der Waals surface area contributed by atoms with Gasteiger partial charge in [0.25, 0.3) is 0 Å². The third-order valence-electron chi connectivity index (χ3n) is 2.97. The minimum Gasteiger partial charge on any atom is -0.339 e. The van der Waals surface area contributed by atoms with E-state index >= 15 is 0 Å². The van der Waals surface area contributed by atoms with Gasteiger partial charge in [-0.3, -0.25) is 0 Å². The van der Waals surface area contributed by atoms with Crippen LogP contribution in [0.3, 0.4) is 0 Å². The Bertz CT molecular complexity index is 520. The van der Waals surface area contributed by atoms with Crippen LogP contribution < -0.4 is 5.32 Å². The zero-order valence-corrected chi connectivity index (χ0v) is 10.8. The Morgan fingerprint density at radius 3 is 3.00 bits per heavy atom. The molecule has 1 aromatic heterocycles. The number of nitrogens with zero attached hydrogens (tertiary/aromatic N) is 2. The van der Waals surface area contributed by atoms with E-state index in [0.29, 0.717) is 11.7 Å². The van der Waals surface area contributed by atoms with Gasteiger partial charge in [-0.15, -0.1) is 0 Å². The summed E-state index contributed by atoms with van der Waals surface area (Å²) in [6.45, 7) is 1.95. The van der Waals surface area contributed by atoms with Gasteiger partial charge in [0.15, 0.2) is 0 Å². The Hall–Kier alpha value is -1.20. The van der Waals surface area contributed by atoms with Crippen LogP contribution in [0.2, 0.25) is 0 Å². The molecule has 1 unspecified atom stereocenters. The molecule has 1 fully saturated rings. The predicted octanol–water partition coefficient (Wildman–Crippen LogP) is 2.58. The van der Waals surface area contributed by atoms with Crippen molar-refractivity contribution in [2.24, 2.45) is 0 Å². The Kier molecular flexibility index (Phi) is 2.94. The second kappa shape index (κ2) is 4.58. The molecule has 1 aliphatic heterocycles. The van der Waals surface area contributed by atoms with Crippen LogP contribution >= 0.6 is 15.9 Å². The number of hydrogen-bond donors (Lipinski definition) is 1. The quantitative estimate of drug-likeness (QED) is 0.925. The largest absolute Gasteiger partial charge is 0.339 e. The van der Waals surface area contributed by atoms with Crippen molar-refractivity contribution in [3.63, 3.8) is 0 Å². The molecular weight excluding hydrogens is 282 g/mol. The molecule has 2 heterocycles. The van der Waals surface area contributed by atoms with Gasteiger partial charge in [0, 0.05) is 16.6 Å². The van der Waals surface area contributed by atoms with Gasteiger partial charge in [0.05, 0.1) is 5.92 Å². The Labute approximate surface area is 108 Å². The molecular formula is C12H12BrN3O. The fourth-order valence-corrected chi connectivity index (χ4v) is 2.48. The SMILES string of the molecule is Brc1ccccc1-c1noc(C2CCNC2)n1. The number of hydrogen-bond acceptors (Lipinski definition) is 4. The van der Waals surface area contributed by atoms with Crippen LogP contribution in [0.1, 0.15) is 18.2 Å². The van der Waals surface area contributed by atoms with Crippen LogP contribution in [0, 0.1) is 0 Å². The molecule has 1 saturated heterocycles. The second-order valence-electron chi connectivity index (χ2n) is 4.13. The predicted molar refractivity (Wildman–Crippen MR) is 67.7 cm³/mol. The van der Waals surface area contributed by atoms with Gasteiger partial charge in [-0.05, 0) is 25.1 Å². The molecule has 4 nitrogen and oxygen atoms in total. The monoisotopic (exact) mass is 293 g/mol. The summed E-state index contributed by atoms with van der Waals surface area (Å²) in [5, 5.41) is 7.34. The summed E-state index contributed by atoms with van der Waals surface area (Å²) in [4.78, 5) is 4.48. The van der Waals surface area contributed by atoms with E-state index in [2.05, 4.69) is 31.4 Å². The highest BCUT2D eigenvalue weighted by Crippen LogP contribution is 2.28. The highest BCUT2D eigenvalue weighted by molar-refractivity contribution is 9.10. The van der Waals surface area contributed by atoms with E-state index < -0.39 is 0 Å². The van der Waals surface area contributed by atoms with Crippen molar-refractivity contribution in [1.82, 2.24) is 15.5 Å². The standard InChI is InChI=1S/C12H12BrN3O/c13-10-4-2-1-3-9(10)11-15-12(17-16-11)8-5-6-14-7-8/h1-4,8,14H,5-7H2. The third kappa shape index (κ3) is 2.12. The van der Waals surface area contributed by atoms with Gasteiger partial charge in [-0.1, -0.05) is 33.2 Å². The molecule has 1 N–H and O–H groups in total. The fraction of sp³-hybridized carbons (Fsp3) is 0.333. The van der Waals surface area contributed by atoms with Gasteiger partial charge in [-0.2, -0.15) is 4.98 Å². The summed E-state index contributed by atoms with van der Waals surface area (Å²) in [5.74, 6) is 1.75. The van der Waals surface area contributed by atoms with Crippen molar-refractivity contribution in [2.45, 2.75) is 12.3 Å². The molecule has 0 bridgehead atoms. The molecule has 5 heteroatoms. The molecule has 0 spiro atoms. The first-order valence-corrected chi connectivity index (χ1v) is 6.43. The molecule has 0 radical (unpaired) electrons. The lowest BCUT2D eigenvalue weighted by Gasteiger charge is -1.99. The van der Waals surface area contributed by atoms with Crippen molar-refractivity contribution < 1.29 is 4.52 Å². The first-order chi connectivity index (χ1) is 8.34. The topological polar surface area (TPSA) is 51.0 Å². The molecule has 0 aliphatic carbocycles. The van der Waals surface area contributed by atoms with Crippen LogP contribution in [0.5, 0.6) is 0 Å². The van der Waals surface area contributed by atoms with Gasteiger partial charge in [0.1, 0.15) is 0 Å². The van der Waals surface area contributed by atoms with Crippen molar-refractivity contribution in [3.05, 3.63) is 34.6 Å². The maximum absolute atomic E-state index is 5.34. The third-order valence-corrected chi connectivity index (χ3v) is 3.66. The van der Waals surface area contributed by atoms with Crippen molar-refractivity contribution in [2.75, 3.05) is 13.1 Å². The van der Waals surface area contributed by atoms with Crippen LogP contribution in [0.4, 0.5) is 0 Å². The van der Waals surface area contributed by atoms with E-state index in [0.717, 1.165) is 35.4 Å².